The van der Waals surface area contributed by atoms with E-state index in [0.717, 1.165) is 12.1 Å². The van der Waals surface area contributed by atoms with Crippen LogP contribution in [0.5, 0.6) is 0 Å². The molecule has 0 amide bonds. The first-order valence-electron chi connectivity index (χ1n) is 5.62. The van der Waals surface area contributed by atoms with Crippen LogP contribution in [0.25, 0.3) is 0 Å². The summed E-state index contributed by atoms with van der Waals surface area (Å²) in [6.45, 7) is 1.25. The molecule has 0 aliphatic carbocycles. The molecule has 2 rings (SSSR count). The molecule has 110 valence electrons. The van der Waals surface area contributed by atoms with Crippen molar-refractivity contribution in [3.8, 4) is 0 Å². The van der Waals surface area contributed by atoms with Crippen LogP contribution in [0, 0.1) is 12.7 Å². The Morgan fingerprint density at radius 1 is 1.29 bits per heavy atom. The third kappa shape index (κ3) is 3.14. The van der Waals surface area contributed by atoms with Crippen LogP contribution in [0.4, 0.5) is 10.1 Å². The lowest BCUT2D eigenvalue weighted by Crippen LogP contribution is -2.16. The number of hydrogen-bond acceptors (Lipinski definition) is 5. The zero-order valence-corrected chi connectivity index (χ0v) is 11.6. The largest absolute Gasteiger partial charge is 0.478 e. The number of hydrogen-bond donors (Lipinski definition) is 2. The Labute approximate surface area is 119 Å². The molecule has 2 aromatic rings. The van der Waals surface area contributed by atoms with Crippen LogP contribution >= 0.6 is 0 Å². The SMILES string of the molecule is Cc1c(F)cc(C(=O)O)cc1S(=O)(=O)Nc1cncnc1. The Hall–Kier alpha value is -2.55. The summed E-state index contributed by atoms with van der Waals surface area (Å²) in [6, 6.07) is 1.66. The summed E-state index contributed by atoms with van der Waals surface area (Å²) < 4.78 is 40.3. The number of carboxylic acid groups (broad SMARTS) is 1. The zero-order chi connectivity index (χ0) is 15.6. The molecule has 0 aliphatic rings. The molecular weight excluding hydrogens is 301 g/mol. The molecule has 1 aromatic carbocycles. The normalized spacial score (nSPS) is 11.1. The Balaban J connectivity index is 2.52. The molecule has 21 heavy (non-hydrogen) atoms. The number of nitrogens with zero attached hydrogens (tertiary/aromatic N) is 2. The van der Waals surface area contributed by atoms with Crippen LogP contribution in [0.2, 0.25) is 0 Å². The fourth-order valence-corrected chi connectivity index (χ4v) is 2.93. The molecule has 7 nitrogen and oxygen atoms in total. The van der Waals surface area contributed by atoms with Gasteiger partial charge < -0.3 is 5.11 Å². The van der Waals surface area contributed by atoms with E-state index in [4.69, 9.17) is 5.11 Å². The van der Waals surface area contributed by atoms with E-state index in [1.165, 1.54) is 25.6 Å². The van der Waals surface area contributed by atoms with Gasteiger partial charge in [-0.25, -0.2) is 27.6 Å². The summed E-state index contributed by atoms with van der Waals surface area (Å²) in [4.78, 5) is 17.7. The molecule has 9 heteroatoms. The maximum absolute atomic E-state index is 13.7. The lowest BCUT2D eigenvalue weighted by atomic mass is 10.1. The van der Waals surface area contributed by atoms with Gasteiger partial charge in [0.1, 0.15) is 12.1 Å². The van der Waals surface area contributed by atoms with E-state index < -0.39 is 32.3 Å². The molecule has 0 saturated carbocycles. The molecule has 0 aliphatic heterocycles. The second-order valence-corrected chi connectivity index (χ2v) is 5.77. The van der Waals surface area contributed by atoms with Crippen LogP contribution < -0.4 is 4.72 Å². The van der Waals surface area contributed by atoms with Crippen molar-refractivity contribution in [1.82, 2.24) is 9.97 Å². The molecule has 0 unspecified atom stereocenters. The quantitative estimate of drug-likeness (QED) is 0.884. The molecule has 0 fully saturated rings. The highest BCUT2D eigenvalue weighted by atomic mass is 32.2. The number of carboxylic acids is 1. The van der Waals surface area contributed by atoms with Gasteiger partial charge in [0, 0.05) is 5.56 Å². The predicted octanol–water partition coefficient (Wildman–Crippen LogP) is 1.42. The first-order chi connectivity index (χ1) is 9.81. The van der Waals surface area contributed by atoms with Crippen LogP contribution in [0.1, 0.15) is 15.9 Å². The summed E-state index contributed by atoms with van der Waals surface area (Å²) >= 11 is 0. The first-order valence-corrected chi connectivity index (χ1v) is 7.11. The minimum absolute atomic E-state index is 0.0815. The third-order valence-corrected chi connectivity index (χ3v) is 4.15. The Morgan fingerprint density at radius 3 is 2.48 bits per heavy atom. The molecule has 0 radical (unpaired) electrons. The summed E-state index contributed by atoms with van der Waals surface area (Å²) in [7, 11) is -4.16. The van der Waals surface area contributed by atoms with Crippen molar-refractivity contribution in [3.05, 3.63) is 47.8 Å². The number of aromatic carboxylic acids is 1. The topological polar surface area (TPSA) is 109 Å². The van der Waals surface area contributed by atoms with Crippen molar-refractivity contribution in [2.24, 2.45) is 0 Å². The van der Waals surface area contributed by atoms with Crippen molar-refractivity contribution >= 4 is 21.7 Å². The average Bonchev–Trinajstić information content (AvgIpc) is 2.41. The number of nitrogens with one attached hydrogen (secondary N) is 1. The molecule has 1 heterocycles. The number of sulfonamides is 1. The smallest absolute Gasteiger partial charge is 0.335 e. The highest BCUT2D eigenvalue weighted by Crippen LogP contribution is 2.22. The molecule has 0 bridgehead atoms. The lowest BCUT2D eigenvalue weighted by Gasteiger charge is -2.11. The number of benzene rings is 1. The first kappa shape index (κ1) is 14.9. The van der Waals surface area contributed by atoms with Crippen molar-refractivity contribution in [1.29, 1.82) is 0 Å². The second kappa shape index (κ2) is 5.44. The van der Waals surface area contributed by atoms with Gasteiger partial charge in [-0.05, 0) is 19.1 Å². The van der Waals surface area contributed by atoms with E-state index in [9.17, 15) is 17.6 Å². The fraction of sp³-hybridized carbons (Fsp3) is 0.0833. The maximum atomic E-state index is 13.7. The number of rotatable bonds is 4. The summed E-state index contributed by atoms with van der Waals surface area (Å²) in [5, 5.41) is 8.88. The lowest BCUT2D eigenvalue weighted by molar-refractivity contribution is 0.0696. The summed E-state index contributed by atoms with van der Waals surface area (Å²) in [6.07, 6.45) is 3.66. The molecular formula is C12H10FN3O4S. The molecule has 0 saturated heterocycles. The molecule has 2 N–H and O–H groups in total. The minimum Gasteiger partial charge on any atom is -0.478 e. The monoisotopic (exact) mass is 311 g/mol. The van der Waals surface area contributed by atoms with Crippen molar-refractivity contribution in [3.63, 3.8) is 0 Å². The van der Waals surface area contributed by atoms with E-state index in [0.29, 0.717) is 0 Å². The second-order valence-electron chi connectivity index (χ2n) is 4.12. The number of halogens is 1. The number of anilines is 1. The van der Waals surface area contributed by atoms with E-state index in [2.05, 4.69) is 14.7 Å². The van der Waals surface area contributed by atoms with Crippen molar-refractivity contribution in [2.75, 3.05) is 4.72 Å². The van der Waals surface area contributed by atoms with Gasteiger partial charge in [0.15, 0.2) is 0 Å². The molecule has 0 atom stereocenters. The van der Waals surface area contributed by atoms with E-state index in [1.54, 1.807) is 0 Å². The van der Waals surface area contributed by atoms with Crippen LogP contribution in [-0.4, -0.2) is 29.5 Å². The third-order valence-electron chi connectivity index (χ3n) is 2.65. The van der Waals surface area contributed by atoms with E-state index in [-0.39, 0.29) is 11.3 Å². The average molecular weight is 311 g/mol. The van der Waals surface area contributed by atoms with Gasteiger partial charge in [0.2, 0.25) is 0 Å². The van der Waals surface area contributed by atoms with Crippen molar-refractivity contribution in [2.45, 2.75) is 11.8 Å². The predicted molar refractivity (Wildman–Crippen MR) is 70.9 cm³/mol. The van der Waals surface area contributed by atoms with Gasteiger partial charge in [-0.3, -0.25) is 4.72 Å². The molecule has 1 aromatic heterocycles. The van der Waals surface area contributed by atoms with Gasteiger partial charge in [-0.15, -0.1) is 0 Å². The standard InChI is InChI=1S/C12H10FN3O4S/c1-7-10(13)2-8(12(17)18)3-11(7)21(19,20)16-9-4-14-6-15-5-9/h2-6,16H,1H3,(H,17,18). The fourth-order valence-electron chi connectivity index (χ4n) is 1.62. The van der Waals surface area contributed by atoms with Gasteiger partial charge in [-0.1, -0.05) is 0 Å². The Bertz CT molecular complexity index is 794. The summed E-state index contributed by atoms with van der Waals surface area (Å²) in [5.41, 5.74) is -0.551. The van der Waals surface area contributed by atoms with E-state index >= 15 is 0 Å². The molecule has 0 spiro atoms. The van der Waals surface area contributed by atoms with Gasteiger partial charge in [0.05, 0.1) is 28.5 Å². The van der Waals surface area contributed by atoms with Gasteiger partial charge in [-0.2, -0.15) is 0 Å². The Morgan fingerprint density at radius 2 is 1.90 bits per heavy atom. The minimum atomic E-state index is -4.16. The highest BCUT2D eigenvalue weighted by Gasteiger charge is 2.22. The van der Waals surface area contributed by atoms with E-state index in [1.807, 2.05) is 0 Å². The van der Waals surface area contributed by atoms with Gasteiger partial charge in [0.25, 0.3) is 10.0 Å². The number of aromatic nitrogens is 2. The van der Waals surface area contributed by atoms with Crippen molar-refractivity contribution < 1.29 is 22.7 Å². The zero-order valence-electron chi connectivity index (χ0n) is 10.7. The van der Waals surface area contributed by atoms with Gasteiger partial charge >= 0.3 is 5.97 Å². The van der Waals surface area contributed by atoms with Crippen LogP contribution in [0.3, 0.4) is 0 Å². The number of carbonyl (C=O) groups is 1. The highest BCUT2D eigenvalue weighted by molar-refractivity contribution is 7.92. The van der Waals surface area contributed by atoms with Crippen LogP contribution in [-0.2, 0) is 10.0 Å². The maximum Gasteiger partial charge on any atom is 0.335 e. The Kier molecular flexibility index (Phi) is 3.85. The summed E-state index contributed by atoms with van der Waals surface area (Å²) in [5.74, 6) is -2.34. The van der Waals surface area contributed by atoms with Crippen LogP contribution in [0.15, 0.2) is 35.7 Å².